The topological polar surface area (TPSA) is 104 Å². The molecule has 0 spiro atoms. The van der Waals surface area contributed by atoms with Gasteiger partial charge in [-0.2, -0.15) is 0 Å². The number of ketones is 1. The Balaban J connectivity index is 4.88. The maximum absolute atomic E-state index is 13.5. The average molecular weight is 580 g/mol. The lowest BCUT2D eigenvalue weighted by molar-refractivity contribution is -0.131. The van der Waals surface area contributed by atoms with Gasteiger partial charge in [0, 0.05) is 50.7 Å². The first-order chi connectivity index (χ1) is 19.5. The summed E-state index contributed by atoms with van der Waals surface area (Å²) >= 11 is 0. The summed E-state index contributed by atoms with van der Waals surface area (Å²) in [7, 11) is 0. The standard InChI is InChI=1S/C34H65N3O4/c1-7-10-13-21-29(38)27-28(20-16-18-25-35-31(39)23-14-11-8-2)33(41)37-30(34(4,5)6)22-17-19-26-36-32(40)24-15-12-9-3/h28,30H,7-27H2,1-6H3,(H,35,39)(H,36,40)(H,37,41). The van der Waals surface area contributed by atoms with Gasteiger partial charge in [-0.1, -0.05) is 86.5 Å². The molecule has 0 aromatic carbocycles. The summed E-state index contributed by atoms with van der Waals surface area (Å²) < 4.78 is 0. The molecular formula is C34H65N3O4. The van der Waals surface area contributed by atoms with Crippen LogP contribution in [0.3, 0.4) is 0 Å². The van der Waals surface area contributed by atoms with E-state index in [0.29, 0.717) is 45.2 Å². The highest BCUT2D eigenvalue weighted by Gasteiger charge is 2.29. The van der Waals surface area contributed by atoms with Gasteiger partial charge in [0.15, 0.2) is 0 Å². The van der Waals surface area contributed by atoms with Crippen LogP contribution in [0.1, 0.15) is 164 Å². The van der Waals surface area contributed by atoms with Crippen LogP contribution in [0, 0.1) is 11.3 Å². The molecule has 0 aromatic rings. The Morgan fingerprint density at radius 3 is 1.51 bits per heavy atom. The second-order valence-corrected chi connectivity index (χ2v) is 12.9. The number of carbonyl (C=O) groups is 4. The zero-order valence-corrected chi connectivity index (χ0v) is 27.6. The van der Waals surface area contributed by atoms with E-state index in [1.165, 1.54) is 0 Å². The van der Waals surface area contributed by atoms with Crippen molar-refractivity contribution in [3.63, 3.8) is 0 Å². The van der Waals surface area contributed by atoms with E-state index < -0.39 is 0 Å². The van der Waals surface area contributed by atoms with Crippen molar-refractivity contribution in [1.82, 2.24) is 16.0 Å². The first-order valence-electron chi connectivity index (χ1n) is 16.9. The largest absolute Gasteiger partial charge is 0.356 e. The zero-order chi connectivity index (χ0) is 30.9. The molecule has 0 aromatic heterocycles. The van der Waals surface area contributed by atoms with Crippen molar-refractivity contribution in [3.05, 3.63) is 0 Å². The third kappa shape index (κ3) is 22.4. The number of carbonyl (C=O) groups excluding carboxylic acids is 4. The Hall–Kier alpha value is -1.92. The highest BCUT2D eigenvalue weighted by atomic mass is 16.2. The molecule has 41 heavy (non-hydrogen) atoms. The van der Waals surface area contributed by atoms with Gasteiger partial charge in [-0.25, -0.2) is 0 Å². The first-order valence-corrected chi connectivity index (χ1v) is 16.9. The Bertz CT molecular complexity index is 717. The van der Waals surface area contributed by atoms with Gasteiger partial charge in [0.2, 0.25) is 17.7 Å². The van der Waals surface area contributed by atoms with Gasteiger partial charge in [0.25, 0.3) is 0 Å². The molecule has 0 heterocycles. The molecule has 0 radical (unpaired) electrons. The fourth-order valence-corrected chi connectivity index (χ4v) is 4.98. The summed E-state index contributed by atoms with van der Waals surface area (Å²) in [5, 5.41) is 9.31. The fourth-order valence-electron chi connectivity index (χ4n) is 4.98. The van der Waals surface area contributed by atoms with Crippen LogP contribution in [0.15, 0.2) is 0 Å². The second kappa shape index (κ2) is 24.7. The van der Waals surface area contributed by atoms with Crippen LogP contribution in [0.2, 0.25) is 0 Å². The van der Waals surface area contributed by atoms with Gasteiger partial charge in [-0.05, 0) is 56.8 Å². The molecule has 0 aliphatic carbocycles. The van der Waals surface area contributed by atoms with Gasteiger partial charge in [-0.3, -0.25) is 19.2 Å². The molecule has 0 fully saturated rings. The minimum atomic E-state index is -0.336. The fraction of sp³-hybridized carbons (Fsp3) is 0.882. The van der Waals surface area contributed by atoms with E-state index in [1.54, 1.807) is 0 Å². The molecule has 7 nitrogen and oxygen atoms in total. The Kier molecular flexibility index (Phi) is 23.5. The molecule has 0 aliphatic heterocycles. The van der Waals surface area contributed by atoms with Crippen LogP contribution >= 0.6 is 0 Å². The summed E-state index contributed by atoms with van der Waals surface area (Å²) in [6.07, 6.45) is 16.1. The maximum atomic E-state index is 13.5. The van der Waals surface area contributed by atoms with E-state index in [2.05, 4.69) is 57.5 Å². The monoisotopic (exact) mass is 579 g/mol. The Morgan fingerprint density at radius 1 is 0.585 bits per heavy atom. The van der Waals surface area contributed by atoms with E-state index >= 15 is 0 Å². The molecule has 0 aliphatic rings. The second-order valence-electron chi connectivity index (χ2n) is 12.9. The normalized spacial score (nSPS) is 12.9. The van der Waals surface area contributed by atoms with Crippen LogP contribution in [0.25, 0.3) is 0 Å². The lowest BCUT2D eigenvalue weighted by Crippen LogP contribution is -2.46. The molecule has 3 amide bonds. The van der Waals surface area contributed by atoms with Crippen LogP contribution in [0.5, 0.6) is 0 Å². The number of hydrogen-bond acceptors (Lipinski definition) is 4. The number of rotatable bonds is 26. The molecule has 2 atom stereocenters. The van der Waals surface area contributed by atoms with Crippen molar-refractivity contribution < 1.29 is 19.2 Å². The average Bonchev–Trinajstić information content (AvgIpc) is 2.91. The number of unbranched alkanes of at least 4 members (excludes halogenated alkanes) is 8. The molecule has 0 rings (SSSR count). The molecule has 0 saturated carbocycles. The third-order valence-electron chi connectivity index (χ3n) is 7.82. The highest BCUT2D eigenvalue weighted by molar-refractivity contribution is 5.87. The number of Topliss-reactive ketones (excluding diaryl/α,β-unsaturated/α-hetero) is 1. The van der Waals surface area contributed by atoms with Crippen LogP contribution in [-0.4, -0.2) is 42.6 Å². The number of nitrogens with one attached hydrogen (secondary N) is 3. The van der Waals surface area contributed by atoms with E-state index in [0.717, 1.165) is 89.9 Å². The molecular weight excluding hydrogens is 514 g/mol. The van der Waals surface area contributed by atoms with Gasteiger partial charge in [0.1, 0.15) is 5.78 Å². The highest BCUT2D eigenvalue weighted by Crippen LogP contribution is 2.25. The van der Waals surface area contributed by atoms with Crippen LogP contribution in [-0.2, 0) is 19.2 Å². The molecule has 240 valence electrons. The van der Waals surface area contributed by atoms with Crippen molar-refractivity contribution in [1.29, 1.82) is 0 Å². The summed E-state index contributed by atoms with van der Waals surface area (Å²) in [5.41, 5.74) is -0.114. The van der Waals surface area contributed by atoms with Gasteiger partial charge in [0.05, 0.1) is 0 Å². The number of hydrogen-bond donors (Lipinski definition) is 3. The summed E-state index contributed by atoms with van der Waals surface area (Å²) in [4.78, 5) is 50.2. The van der Waals surface area contributed by atoms with Crippen molar-refractivity contribution in [2.75, 3.05) is 13.1 Å². The van der Waals surface area contributed by atoms with Gasteiger partial charge >= 0.3 is 0 Å². The Morgan fingerprint density at radius 2 is 1.05 bits per heavy atom. The molecule has 3 N–H and O–H groups in total. The summed E-state index contributed by atoms with van der Waals surface area (Å²) in [6.45, 7) is 14.1. The third-order valence-corrected chi connectivity index (χ3v) is 7.82. The molecule has 0 bridgehead atoms. The zero-order valence-electron chi connectivity index (χ0n) is 27.6. The molecule has 7 heteroatoms. The van der Waals surface area contributed by atoms with Crippen molar-refractivity contribution in [2.24, 2.45) is 11.3 Å². The van der Waals surface area contributed by atoms with Crippen LogP contribution in [0.4, 0.5) is 0 Å². The lowest BCUT2D eigenvalue weighted by Gasteiger charge is -2.33. The van der Waals surface area contributed by atoms with E-state index in [4.69, 9.17) is 0 Å². The minimum absolute atomic E-state index is 0.00430. The quantitative estimate of drug-likeness (QED) is 0.0928. The lowest BCUT2D eigenvalue weighted by atomic mass is 9.83. The predicted octanol–water partition coefficient (Wildman–Crippen LogP) is 7.41. The first kappa shape index (κ1) is 39.1. The van der Waals surface area contributed by atoms with Crippen molar-refractivity contribution in [2.45, 2.75) is 170 Å². The smallest absolute Gasteiger partial charge is 0.223 e. The number of amides is 3. The molecule has 2 unspecified atom stereocenters. The minimum Gasteiger partial charge on any atom is -0.356 e. The van der Waals surface area contributed by atoms with E-state index in [1.807, 2.05) is 0 Å². The van der Waals surface area contributed by atoms with Crippen LogP contribution < -0.4 is 16.0 Å². The SMILES string of the molecule is CCCCCC(=O)CC(CCCCNC(=O)CCCCC)C(=O)NC(CCCCNC(=O)CCCCC)C(C)(C)C. The molecule has 0 saturated heterocycles. The maximum Gasteiger partial charge on any atom is 0.223 e. The van der Waals surface area contributed by atoms with E-state index in [-0.39, 0.29) is 40.9 Å². The summed E-state index contributed by atoms with van der Waals surface area (Å²) in [5.74, 6) is 0.0348. The van der Waals surface area contributed by atoms with Gasteiger partial charge in [-0.15, -0.1) is 0 Å². The van der Waals surface area contributed by atoms with Crippen molar-refractivity contribution in [3.8, 4) is 0 Å². The Labute approximate surface area is 252 Å². The predicted molar refractivity (Wildman–Crippen MR) is 171 cm³/mol. The summed E-state index contributed by atoms with van der Waals surface area (Å²) in [6, 6.07) is -0.00430. The van der Waals surface area contributed by atoms with Crippen molar-refractivity contribution >= 4 is 23.5 Å². The van der Waals surface area contributed by atoms with Gasteiger partial charge < -0.3 is 16.0 Å². The van der Waals surface area contributed by atoms with E-state index in [9.17, 15) is 19.2 Å².